The molecule has 0 amide bonds. The number of likely N-dealkylation sites (tertiary alicyclic amines) is 1. The van der Waals surface area contributed by atoms with Gasteiger partial charge >= 0.3 is 0 Å². The molecule has 1 atom stereocenters. The van der Waals surface area contributed by atoms with Crippen LogP contribution in [0.2, 0.25) is 5.02 Å². The second-order valence-corrected chi connectivity index (χ2v) is 8.66. The van der Waals surface area contributed by atoms with Crippen molar-refractivity contribution in [2.24, 2.45) is 0 Å². The number of pyridine rings is 1. The molecule has 1 fully saturated rings. The lowest BCUT2D eigenvalue weighted by Gasteiger charge is -2.32. The van der Waals surface area contributed by atoms with Crippen molar-refractivity contribution in [2.45, 2.75) is 38.1 Å². The van der Waals surface area contributed by atoms with Crippen molar-refractivity contribution in [1.29, 1.82) is 0 Å². The summed E-state index contributed by atoms with van der Waals surface area (Å²) in [6.07, 6.45) is 9.92. The van der Waals surface area contributed by atoms with Gasteiger partial charge in [-0.15, -0.1) is 0 Å². The number of nitrogens with zero attached hydrogens (tertiary/aromatic N) is 4. The minimum Gasteiger partial charge on any atom is -0.384 e. The van der Waals surface area contributed by atoms with E-state index in [9.17, 15) is 0 Å². The van der Waals surface area contributed by atoms with E-state index in [1.807, 2.05) is 30.7 Å². The van der Waals surface area contributed by atoms with Gasteiger partial charge in [-0.2, -0.15) is 0 Å². The first-order valence-electron chi connectivity index (χ1n) is 10.9. The van der Waals surface area contributed by atoms with E-state index in [0.717, 1.165) is 48.9 Å². The summed E-state index contributed by atoms with van der Waals surface area (Å²) in [5, 5.41) is 0.771. The summed E-state index contributed by atoms with van der Waals surface area (Å²) >= 11 is 5.98. The summed E-state index contributed by atoms with van der Waals surface area (Å²) in [6.45, 7) is 3.67. The van der Waals surface area contributed by atoms with Crippen molar-refractivity contribution in [3.63, 3.8) is 0 Å². The average molecular weight is 437 g/mol. The van der Waals surface area contributed by atoms with Crippen LogP contribution in [0.5, 0.6) is 0 Å². The molecule has 0 N–H and O–H groups in total. The second-order valence-electron chi connectivity index (χ2n) is 8.22. The van der Waals surface area contributed by atoms with Gasteiger partial charge in [0.15, 0.2) is 0 Å². The molecular formula is C25H29ClN4O. The Morgan fingerprint density at radius 2 is 1.71 bits per heavy atom. The molecule has 1 aromatic carbocycles. The number of rotatable bonds is 8. The van der Waals surface area contributed by atoms with E-state index in [4.69, 9.17) is 21.3 Å². The molecule has 1 aliphatic heterocycles. The van der Waals surface area contributed by atoms with Gasteiger partial charge in [-0.3, -0.25) is 9.88 Å². The molecule has 5 nitrogen and oxygen atoms in total. The molecule has 0 bridgehead atoms. The third kappa shape index (κ3) is 6.33. The monoisotopic (exact) mass is 436 g/mol. The Hall–Kier alpha value is -2.34. The van der Waals surface area contributed by atoms with Crippen molar-refractivity contribution < 1.29 is 4.74 Å². The number of aromatic nitrogens is 3. The Morgan fingerprint density at radius 3 is 2.42 bits per heavy atom. The Morgan fingerprint density at radius 1 is 0.968 bits per heavy atom. The molecule has 1 aliphatic rings. The first kappa shape index (κ1) is 21.9. The molecule has 0 unspecified atom stereocenters. The quantitative estimate of drug-likeness (QED) is 0.513. The fraction of sp³-hybridized carbons (Fsp3) is 0.400. The van der Waals surface area contributed by atoms with Crippen molar-refractivity contribution in [2.75, 3.05) is 26.8 Å². The molecule has 2 aromatic heterocycles. The van der Waals surface area contributed by atoms with Crippen LogP contribution in [0.15, 0.2) is 55.0 Å². The molecule has 1 saturated heterocycles. The summed E-state index contributed by atoms with van der Waals surface area (Å²) in [7, 11) is 1.70. The number of benzene rings is 1. The lowest BCUT2D eigenvalue weighted by molar-refractivity contribution is 0.197. The highest BCUT2D eigenvalue weighted by molar-refractivity contribution is 6.30. The Bertz CT molecular complexity index is 945. The van der Waals surface area contributed by atoms with E-state index < -0.39 is 0 Å². The van der Waals surface area contributed by atoms with E-state index in [1.54, 1.807) is 7.11 Å². The highest BCUT2D eigenvalue weighted by Crippen LogP contribution is 2.27. The van der Waals surface area contributed by atoms with E-state index in [2.05, 4.69) is 39.1 Å². The first-order valence-corrected chi connectivity index (χ1v) is 11.3. The number of hydrogen-bond donors (Lipinski definition) is 0. The van der Waals surface area contributed by atoms with Crippen LogP contribution in [-0.4, -0.2) is 46.7 Å². The fourth-order valence-corrected chi connectivity index (χ4v) is 4.23. The molecule has 6 heteroatoms. The topological polar surface area (TPSA) is 51.1 Å². The Kier molecular flexibility index (Phi) is 7.62. The van der Waals surface area contributed by atoms with Gasteiger partial charge in [-0.05, 0) is 55.1 Å². The standard InChI is InChI=1S/C25H29ClN4O/c1-31-12-10-25-28-15-21(16-29-25)17-30-11-2-3-22(18-30)24-9-6-20(14-27-24)13-19-4-7-23(26)8-5-19/h4-9,14-16,22H,2-3,10-13,17-18H2,1H3/t22-/m1/s1. The van der Waals surface area contributed by atoms with Gasteiger partial charge < -0.3 is 4.74 Å². The maximum Gasteiger partial charge on any atom is 0.130 e. The zero-order valence-electron chi connectivity index (χ0n) is 18.0. The minimum atomic E-state index is 0.472. The van der Waals surface area contributed by atoms with E-state index in [0.29, 0.717) is 12.5 Å². The van der Waals surface area contributed by atoms with Crippen molar-refractivity contribution >= 4 is 11.6 Å². The van der Waals surface area contributed by atoms with E-state index >= 15 is 0 Å². The molecule has 31 heavy (non-hydrogen) atoms. The van der Waals surface area contributed by atoms with Crippen LogP contribution in [0.4, 0.5) is 0 Å². The van der Waals surface area contributed by atoms with Crippen LogP contribution in [0.3, 0.4) is 0 Å². The fourth-order valence-electron chi connectivity index (χ4n) is 4.10. The number of halogens is 1. The summed E-state index contributed by atoms with van der Waals surface area (Å²) in [6, 6.07) is 12.4. The summed E-state index contributed by atoms with van der Waals surface area (Å²) in [5.74, 6) is 1.31. The third-order valence-corrected chi connectivity index (χ3v) is 6.04. The normalized spacial score (nSPS) is 17.0. The smallest absolute Gasteiger partial charge is 0.130 e. The molecular weight excluding hydrogens is 408 g/mol. The van der Waals surface area contributed by atoms with Gasteiger partial charge in [0.05, 0.1) is 6.61 Å². The lowest BCUT2D eigenvalue weighted by Crippen LogP contribution is -2.34. The van der Waals surface area contributed by atoms with E-state index in [1.165, 1.54) is 29.7 Å². The summed E-state index contributed by atoms with van der Waals surface area (Å²) < 4.78 is 5.09. The van der Waals surface area contributed by atoms with Gasteiger partial charge in [0, 0.05) is 67.4 Å². The molecule has 0 aliphatic carbocycles. The maximum absolute atomic E-state index is 5.98. The zero-order valence-corrected chi connectivity index (χ0v) is 18.8. The van der Waals surface area contributed by atoms with Gasteiger partial charge in [0.25, 0.3) is 0 Å². The van der Waals surface area contributed by atoms with Crippen LogP contribution in [0.1, 0.15) is 47.0 Å². The maximum atomic E-state index is 5.98. The molecule has 3 heterocycles. The average Bonchev–Trinajstić information content (AvgIpc) is 2.81. The molecule has 0 radical (unpaired) electrons. The zero-order chi connectivity index (χ0) is 21.5. The van der Waals surface area contributed by atoms with Crippen LogP contribution < -0.4 is 0 Å². The van der Waals surface area contributed by atoms with Crippen molar-refractivity contribution in [3.8, 4) is 0 Å². The SMILES string of the molecule is COCCc1ncc(CN2CCC[C@@H](c3ccc(Cc4ccc(Cl)cc4)cn3)C2)cn1. The largest absolute Gasteiger partial charge is 0.384 e. The second kappa shape index (κ2) is 10.8. The first-order chi connectivity index (χ1) is 15.2. The number of methoxy groups -OCH3 is 1. The number of hydrogen-bond acceptors (Lipinski definition) is 5. The highest BCUT2D eigenvalue weighted by Gasteiger charge is 2.22. The molecule has 0 saturated carbocycles. The molecule has 0 spiro atoms. The van der Waals surface area contributed by atoms with Gasteiger partial charge in [0.1, 0.15) is 5.82 Å². The summed E-state index contributed by atoms with van der Waals surface area (Å²) in [5.41, 5.74) is 4.83. The molecule has 162 valence electrons. The van der Waals surface area contributed by atoms with E-state index in [-0.39, 0.29) is 0 Å². The Balaban J connectivity index is 1.33. The van der Waals surface area contributed by atoms with Crippen molar-refractivity contribution in [1.82, 2.24) is 19.9 Å². The predicted octanol–water partition coefficient (Wildman–Crippen LogP) is 4.68. The Labute approximate surface area is 189 Å². The lowest BCUT2D eigenvalue weighted by atomic mass is 9.93. The predicted molar refractivity (Wildman–Crippen MR) is 123 cm³/mol. The van der Waals surface area contributed by atoms with Gasteiger partial charge in [-0.1, -0.05) is 29.8 Å². The van der Waals surface area contributed by atoms with Gasteiger partial charge in [-0.25, -0.2) is 9.97 Å². The number of piperidine rings is 1. The van der Waals surface area contributed by atoms with Crippen LogP contribution in [0.25, 0.3) is 0 Å². The molecule has 4 rings (SSSR count). The minimum absolute atomic E-state index is 0.472. The van der Waals surface area contributed by atoms with Crippen LogP contribution in [0, 0.1) is 0 Å². The molecule has 3 aromatic rings. The van der Waals surface area contributed by atoms with Crippen molar-refractivity contribution in [3.05, 3.63) is 88.2 Å². The highest BCUT2D eigenvalue weighted by atomic mass is 35.5. The van der Waals surface area contributed by atoms with Crippen LogP contribution in [-0.2, 0) is 24.1 Å². The third-order valence-electron chi connectivity index (χ3n) is 5.79. The van der Waals surface area contributed by atoms with Crippen LogP contribution >= 0.6 is 11.6 Å². The van der Waals surface area contributed by atoms with Gasteiger partial charge in [0.2, 0.25) is 0 Å². The number of ether oxygens (including phenoxy) is 1. The summed E-state index contributed by atoms with van der Waals surface area (Å²) in [4.78, 5) is 16.2.